The van der Waals surface area contributed by atoms with E-state index in [9.17, 15) is 0 Å². The van der Waals surface area contributed by atoms with E-state index in [-0.39, 0.29) is 0 Å². The molecule has 1 heteroatoms. The first-order valence-corrected chi connectivity index (χ1v) is 11.5. The van der Waals surface area contributed by atoms with Crippen molar-refractivity contribution in [1.82, 2.24) is 0 Å². The van der Waals surface area contributed by atoms with Gasteiger partial charge in [0.2, 0.25) is 0 Å². The van der Waals surface area contributed by atoms with Gasteiger partial charge in [0, 0.05) is 6.61 Å². The lowest BCUT2D eigenvalue weighted by Crippen LogP contribution is -1.95. The van der Waals surface area contributed by atoms with E-state index in [0.29, 0.717) is 6.10 Å². The molecule has 24 heavy (non-hydrogen) atoms. The van der Waals surface area contributed by atoms with E-state index in [0.717, 1.165) is 6.61 Å². The second-order valence-corrected chi connectivity index (χ2v) is 8.08. The van der Waals surface area contributed by atoms with Crippen molar-refractivity contribution in [2.75, 3.05) is 6.61 Å². The largest absolute Gasteiger partial charge is 0.378 e. The van der Waals surface area contributed by atoms with Crippen LogP contribution in [0.4, 0.5) is 0 Å². The summed E-state index contributed by atoms with van der Waals surface area (Å²) in [5.41, 5.74) is 0. The zero-order valence-corrected chi connectivity index (χ0v) is 16.8. The Hall–Kier alpha value is -0.0400. The Morgan fingerprint density at radius 2 is 0.833 bits per heavy atom. The molecule has 0 saturated heterocycles. The van der Waals surface area contributed by atoms with E-state index in [4.69, 9.17) is 4.74 Å². The summed E-state index contributed by atoms with van der Waals surface area (Å²) in [5, 5.41) is 0. The van der Waals surface area contributed by atoms with Crippen LogP contribution in [0.3, 0.4) is 0 Å². The highest BCUT2D eigenvalue weighted by atomic mass is 16.5. The van der Waals surface area contributed by atoms with E-state index in [1.54, 1.807) is 0 Å². The van der Waals surface area contributed by atoms with Gasteiger partial charge in [-0.05, 0) is 19.3 Å². The van der Waals surface area contributed by atoms with Crippen molar-refractivity contribution in [2.24, 2.45) is 0 Å². The number of hydrogen-bond donors (Lipinski definition) is 0. The van der Waals surface area contributed by atoms with Gasteiger partial charge in [-0.25, -0.2) is 0 Å². The van der Waals surface area contributed by atoms with Crippen molar-refractivity contribution < 1.29 is 4.74 Å². The average molecular weight is 339 g/mol. The van der Waals surface area contributed by atoms with Crippen LogP contribution in [0.1, 0.15) is 135 Å². The highest BCUT2D eigenvalue weighted by Crippen LogP contribution is 2.23. The number of unbranched alkanes of at least 4 members (excludes halogenated alkanes) is 17. The lowest BCUT2D eigenvalue weighted by molar-refractivity contribution is 0.115. The van der Waals surface area contributed by atoms with Gasteiger partial charge in [0.1, 0.15) is 0 Å². The normalized spacial score (nSPS) is 14.4. The van der Waals surface area contributed by atoms with Crippen molar-refractivity contribution in [2.45, 2.75) is 141 Å². The Labute approximate surface area is 153 Å². The van der Waals surface area contributed by atoms with Crippen molar-refractivity contribution in [3.8, 4) is 0 Å². The van der Waals surface area contributed by atoms with Crippen LogP contribution in [-0.4, -0.2) is 12.7 Å². The van der Waals surface area contributed by atoms with Crippen LogP contribution < -0.4 is 0 Å². The third-order valence-corrected chi connectivity index (χ3v) is 5.38. The fraction of sp³-hybridized carbons (Fsp3) is 1.00. The molecule has 0 N–H and O–H groups in total. The summed E-state index contributed by atoms with van der Waals surface area (Å²) in [6.45, 7) is 3.32. The molecule has 0 bridgehead atoms. The second kappa shape index (κ2) is 17.8. The minimum atomic E-state index is 0.649. The minimum Gasteiger partial charge on any atom is -0.378 e. The van der Waals surface area contributed by atoms with Crippen LogP contribution in [0.2, 0.25) is 0 Å². The van der Waals surface area contributed by atoms with Crippen molar-refractivity contribution >= 4 is 0 Å². The van der Waals surface area contributed by atoms with Crippen LogP contribution in [0, 0.1) is 0 Å². The molecule has 144 valence electrons. The molecule has 0 heterocycles. The first-order valence-electron chi connectivity index (χ1n) is 11.5. The summed E-state index contributed by atoms with van der Waals surface area (Å²) >= 11 is 0. The van der Waals surface area contributed by atoms with Crippen LogP contribution in [0.25, 0.3) is 0 Å². The lowest BCUT2D eigenvalue weighted by atomic mass is 10.0. The van der Waals surface area contributed by atoms with Crippen LogP contribution in [0.5, 0.6) is 0 Å². The van der Waals surface area contributed by atoms with Gasteiger partial charge in [-0.2, -0.15) is 0 Å². The smallest absolute Gasteiger partial charge is 0.0577 e. The van der Waals surface area contributed by atoms with Crippen LogP contribution in [0.15, 0.2) is 0 Å². The molecule has 0 aromatic heterocycles. The van der Waals surface area contributed by atoms with Gasteiger partial charge in [-0.15, -0.1) is 0 Å². The summed E-state index contributed by atoms with van der Waals surface area (Å²) in [7, 11) is 0. The van der Waals surface area contributed by atoms with E-state index >= 15 is 0 Å². The molecular formula is C23H46O. The summed E-state index contributed by atoms with van der Waals surface area (Å²) in [6, 6.07) is 0. The Morgan fingerprint density at radius 1 is 0.500 bits per heavy atom. The predicted molar refractivity (Wildman–Crippen MR) is 108 cm³/mol. The van der Waals surface area contributed by atoms with Crippen LogP contribution in [-0.2, 0) is 4.74 Å². The molecule has 0 unspecified atom stereocenters. The molecule has 1 fully saturated rings. The third-order valence-electron chi connectivity index (χ3n) is 5.38. The Balaban J connectivity index is 1.59. The molecule has 0 aromatic carbocycles. The molecule has 0 aliphatic heterocycles. The molecule has 0 amide bonds. The van der Waals surface area contributed by atoms with Crippen molar-refractivity contribution in [3.05, 3.63) is 0 Å². The van der Waals surface area contributed by atoms with Gasteiger partial charge < -0.3 is 4.74 Å². The predicted octanol–water partition coefficient (Wildman–Crippen LogP) is 8.21. The second-order valence-electron chi connectivity index (χ2n) is 8.08. The molecular weight excluding hydrogens is 292 g/mol. The molecule has 1 nitrogen and oxygen atoms in total. The number of hydrogen-bond acceptors (Lipinski definition) is 1. The van der Waals surface area contributed by atoms with E-state index < -0.39 is 0 Å². The molecule has 0 radical (unpaired) electrons. The average Bonchev–Trinajstić information content (AvgIpc) is 3.41. The monoisotopic (exact) mass is 338 g/mol. The first kappa shape index (κ1) is 22.0. The molecule has 0 spiro atoms. The molecule has 1 saturated carbocycles. The first-order chi connectivity index (χ1) is 11.9. The molecule has 1 rings (SSSR count). The molecule has 0 aromatic rings. The third kappa shape index (κ3) is 16.8. The summed E-state index contributed by atoms with van der Waals surface area (Å²) in [6.07, 6.45) is 29.3. The summed E-state index contributed by atoms with van der Waals surface area (Å²) in [5.74, 6) is 0. The highest BCUT2D eigenvalue weighted by molar-refractivity contribution is 4.72. The number of rotatable bonds is 20. The summed E-state index contributed by atoms with van der Waals surface area (Å²) in [4.78, 5) is 0. The van der Waals surface area contributed by atoms with Gasteiger partial charge in [-0.3, -0.25) is 0 Å². The zero-order valence-electron chi connectivity index (χ0n) is 16.8. The van der Waals surface area contributed by atoms with E-state index in [2.05, 4.69) is 6.92 Å². The maximum atomic E-state index is 5.68. The SMILES string of the molecule is CCCCCCCCCCCCCCCCCCCCOC1CC1. The topological polar surface area (TPSA) is 9.23 Å². The maximum absolute atomic E-state index is 5.68. The van der Waals surface area contributed by atoms with Gasteiger partial charge in [0.15, 0.2) is 0 Å². The molecule has 1 aliphatic carbocycles. The summed E-state index contributed by atoms with van der Waals surface area (Å²) < 4.78 is 5.68. The fourth-order valence-corrected chi connectivity index (χ4v) is 3.49. The Bertz CT molecular complexity index is 234. The van der Waals surface area contributed by atoms with E-state index in [1.165, 1.54) is 128 Å². The van der Waals surface area contributed by atoms with E-state index in [1.807, 2.05) is 0 Å². The van der Waals surface area contributed by atoms with Crippen molar-refractivity contribution in [1.29, 1.82) is 0 Å². The van der Waals surface area contributed by atoms with Gasteiger partial charge in [0.25, 0.3) is 0 Å². The highest BCUT2D eigenvalue weighted by Gasteiger charge is 2.21. The fourth-order valence-electron chi connectivity index (χ4n) is 3.49. The van der Waals surface area contributed by atoms with Gasteiger partial charge >= 0.3 is 0 Å². The Kier molecular flexibility index (Phi) is 16.3. The Morgan fingerprint density at radius 3 is 1.17 bits per heavy atom. The quantitative estimate of drug-likeness (QED) is 0.203. The zero-order chi connectivity index (χ0) is 17.1. The number of ether oxygens (including phenoxy) is 1. The molecule has 0 atom stereocenters. The minimum absolute atomic E-state index is 0.649. The van der Waals surface area contributed by atoms with Gasteiger partial charge in [0.05, 0.1) is 6.10 Å². The van der Waals surface area contributed by atoms with Crippen LogP contribution >= 0.6 is 0 Å². The van der Waals surface area contributed by atoms with Crippen molar-refractivity contribution in [3.63, 3.8) is 0 Å². The standard InChI is InChI=1S/C23H46O/c1-2-3-4-5-6-7-8-9-10-11-12-13-14-15-16-17-18-19-22-24-23-20-21-23/h23H,2-22H2,1H3. The van der Waals surface area contributed by atoms with Gasteiger partial charge in [-0.1, -0.05) is 116 Å². The lowest BCUT2D eigenvalue weighted by Gasteiger charge is -2.04. The molecule has 1 aliphatic rings. The maximum Gasteiger partial charge on any atom is 0.0577 e.